The smallest absolute Gasteiger partial charge is 0.552 e. The molecule has 10 heteroatoms. The van der Waals surface area contributed by atoms with Crippen molar-refractivity contribution in [1.82, 2.24) is 0 Å². The van der Waals surface area contributed by atoms with Gasteiger partial charge < -0.3 is 14.9 Å². The minimum absolute atomic E-state index is 0. The van der Waals surface area contributed by atoms with Crippen LogP contribution in [-0.2, 0) is 24.4 Å². The summed E-state index contributed by atoms with van der Waals surface area (Å²) < 4.78 is 33.9. The molecule has 0 spiro atoms. The molecule has 0 aromatic carbocycles. The quantitative estimate of drug-likeness (QED) is 0.0833. The first-order valence-corrected chi connectivity index (χ1v) is 14.0. The maximum Gasteiger partial charge on any atom is 1.00 e. The van der Waals surface area contributed by atoms with Gasteiger partial charge in [-0.25, -0.2) is 6.61 Å². The molecule has 0 aromatic rings. The van der Waals surface area contributed by atoms with Gasteiger partial charge in [-0.15, -0.1) is 0 Å². The fraction of sp³-hybridized carbons (Fsp3) is 0.875. The standard InChI is InChI=1S/C20H41O.C4H6O7S.K/c1-3-5-6-7-8-9-10-11-12-13-14-15-16-17-18-19-20-21-4-2;5-3(6)1-2(4(7)8)12(9,10)11;/h4H,3,5-20H2,1-2H3;2H,1H2,(H,5,6)(H,7,8)(H,9,10,11);/q-1;;+1. The molecule has 1 atom stereocenters. The van der Waals surface area contributed by atoms with Crippen LogP contribution in [0.5, 0.6) is 0 Å². The number of carbonyl (C=O) groups is 2. The Morgan fingerprint density at radius 2 is 1.12 bits per heavy atom. The minimum atomic E-state index is -4.84. The van der Waals surface area contributed by atoms with E-state index in [4.69, 9.17) is 19.5 Å². The zero-order valence-electron chi connectivity index (χ0n) is 21.7. The largest absolute Gasteiger partial charge is 1.00 e. The van der Waals surface area contributed by atoms with E-state index in [9.17, 15) is 18.0 Å². The van der Waals surface area contributed by atoms with E-state index in [2.05, 4.69) is 6.92 Å². The van der Waals surface area contributed by atoms with E-state index in [1.165, 1.54) is 103 Å². The molecule has 0 heterocycles. The molecule has 0 aliphatic rings. The van der Waals surface area contributed by atoms with Gasteiger partial charge in [-0.1, -0.05) is 103 Å². The van der Waals surface area contributed by atoms with Crippen LogP contribution in [0.4, 0.5) is 0 Å². The van der Waals surface area contributed by atoms with E-state index < -0.39 is 33.7 Å². The molecule has 0 aliphatic heterocycles. The van der Waals surface area contributed by atoms with Crippen LogP contribution in [0.2, 0.25) is 0 Å². The molecule has 0 saturated heterocycles. The van der Waals surface area contributed by atoms with Gasteiger partial charge in [-0.05, 0) is 6.42 Å². The van der Waals surface area contributed by atoms with Gasteiger partial charge in [-0.3, -0.25) is 14.1 Å². The van der Waals surface area contributed by atoms with Crippen LogP contribution in [0, 0.1) is 6.61 Å². The third-order valence-corrected chi connectivity index (χ3v) is 6.36. The molecule has 0 saturated carbocycles. The number of aliphatic carboxylic acids is 2. The first-order valence-electron chi connectivity index (χ1n) is 12.5. The Hall–Kier alpha value is 0.446. The maximum atomic E-state index is 10.2. The molecule has 1 unspecified atom stereocenters. The third kappa shape index (κ3) is 30.5. The van der Waals surface area contributed by atoms with Gasteiger partial charge >= 0.3 is 63.3 Å². The Labute approximate surface area is 250 Å². The molecule has 0 radical (unpaired) electrons. The second-order valence-corrected chi connectivity index (χ2v) is 9.95. The number of unbranched alkanes of at least 4 members (excludes halogenated alkanes) is 15. The number of ether oxygens (including phenoxy) is 1. The summed E-state index contributed by atoms with van der Waals surface area (Å²) >= 11 is 0. The average molecular weight is 535 g/mol. The van der Waals surface area contributed by atoms with Gasteiger partial charge in [0.05, 0.1) is 6.42 Å². The molecule has 0 bridgehead atoms. The molecule has 8 nitrogen and oxygen atoms in total. The molecule has 0 aromatic heterocycles. The van der Waals surface area contributed by atoms with Crippen molar-refractivity contribution >= 4 is 22.1 Å². The van der Waals surface area contributed by atoms with E-state index in [1.54, 1.807) is 6.61 Å². The summed E-state index contributed by atoms with van der Waals surface area (Å²) in [5, 5.41) is 13.9. The fourth-order valence-corrected chi connectivity index (χ4v) is 3.94. The van der Waals surface area contributed by atoms with Crippen molar-refractivity contribution in [3.05, 3.63) is 6.61 Å². The Kier molecular flexibility index (Phi) is 32.1. The van der Waals surface area contributed by atoms with Crippen molar-refractivity contribution < 1.29 is 88.9 Å². The Morgan fingerprint density at radius 3 is 1.35 bits per heavy atom. The summed E-state index contributed by atoms with van der Waals surface area (Å²) in [7, 11) is -4.84. The topological polar surface area (TPSA) is 138 Å². The van der Waals surface area contributed by atoms with Gasteiger partial charge in [0.1, 0.15) is 0 Å². The number of carboxylic acids is 2. The van der Waals surface area contributed by atoms with E-state index in [1.807, 2.05) is 6.92 Å². The van der Waals surface area contributed by atoms with Gasteiger partial charge in [0.15, 0.2) is 5.25 Å². The van der Waals surface area contributed by atoms with Crippen LogP contribution < -0.4 is 51.4 Å². The first-order chi connectivity index (χ1) is 15.7. The van der Waals surface area contributed by atoms with Crippen LogP contribution in [0.25, 0.3) is 0 Å². The summed E-state index contributed by atoms with van der Waals surface area (Å²) in [6.07, 6.45) is 21.7. The summed E-state index contributed by atoms with van der Waals surface area (Å²) in [5.74, 6) is -3.50. The van der Waals surface area contributed by atoms with Gasteiger partial charge in [0.25, 0.3) is 10.1 Å². The SMILES string of the molecule is C[CH-]OCCCCCCCCCCCCCCCCCC.O=C(O)CC(C(=O)O)S(=O)(=O)O.[K+]. The monoisotopic (exact) mass is 534 g/mol. The second-order valence-electron chi connectivity index (χ2n) is 8.35. The Morgan fingerprint density at radius 1 is 0.765 bits per heavy atom. The summed E-state index contributed by atoms with van der Waals surface area (Å²) in [6, 6.07) is 0. The molecule has 0 amide bonds. The van der Waals surface area contributed by atoms with E-state index in [0.717, 1.165) is 6.61 Å². The van der Waals surface area contributed by atoms with Crippen molar-refractivity contribution in [1.29, 1.82) is 0 Å². The molecule has 34 heavy (non-hydrogen) atoms. The molecule has 3 N–H and O–H groups in total. The van der Waals surface area contributed by atoms with Gasteiger partial charge in [0, 0.05) is 6.61 Å². The fourth-order valence-electron chi connectivity index (χ4n) is 3.33. The second kappa shape index (κ2) is 28.0. The zero-order chi connectivity index (χ0) is 25.4. The first kappa shape index (κ1) is 39.0. The minimum Gasteiger partial charge on any atom is -0.552 e. The molecular weight excluding hydrogens is 487 g/mol. The number of hydrogen-bond donors (Lipinski definition) is 3. The summed E-state index contributed by atoms with van der Waals surface area (Å²) in [4.78, 5) is 20.0. The van der Waals surface area contributed by atoms with Crippen LogP contribution in [0.3, 0.4) is 0 Å². The van der Waals surface area contributed by atoms with Gasteiger partial charge in [0.2, 0.25) is 0 Å². The Balaban J connectivity index is -0.000000632. The maximum absolute atomic E-state index is 10.2. The van der Waals surface area contributed by atoms with E-state index >= 15 is 0 Å². The number of rotatable bonds is 22. The van der Waals surface area contributed by atoms with Crippen molar-refractivity contribution in [3.63, 3.8) is 0 Å². The van der Waals surface area contributed by atoms with E-state index in [0.29, 0.717) is 0 Å². The van der Waals surface area contributed by atoms with E-state index in [-0.39, 0.29) is 51.4 Å². The predicted molar refractivity (Wildman–Crippen MR) is 131 cm³/mol. The average Bonchev–Trinajstić information content (AvgIpc) is 2.73. The summed E-state index contributed by atoms with van der Waals surface area (Å²) in [5.41, 5.74) is 0. The number of carboxylic acid groups (broad SMARTS) is 2. The molecular formula is C24H47KO8S. The Bertz CT molecular complexity index is 551. The number of hydrogen-bond acceptors (Lipinski definition) is 5. The van der Waals surface area contributed by atoms with Gasteiger partial charge in [-0.2, -0.15) is 15.3 Å². The molecule has 0 rings (SSSR count). The van der Waals surface area contributed by atoms with Crippen LogP contribution in [0.15, 0.2) is 0 Å². The molecule has 0 aliphatic carbocycles. The van der Waals surface area contributed by atoms with Crippen LogP contribution >= 0.6 is 0 Å². The van der Waals surface area contributed by atoms with Crippen LogP contribution in [0.1, 0.15) is 123 Å². The molecule has 0 fully saturated rings. The van der Waals surface area contributed by atoms with Crippen molar-refractivity contribution in [2.75, 3.05) is 6.61 Å². The van der Waals surface area contributed by atoms with Crippen molar-refractivity contribution in [2.45, 2.75) is 128 Å². The summed E-state index contributed by atoms with van der Waals surface area (Å²) in [6.45, 7) is 6.95. The van der Waals surface area contributed by atoms with Crippen molar-refractivity contribution in [2.24, 2.45) is 0 Å². The van der Waals surface area contributed by atoms with Crippen LogP contribution in [-0.4, -0.2) is 47.0 Å². The normalized spacial score (nSPS) is 11.7. The third-order valence-electron chi connectivity index (χ3n) is 5.28. The zero-order valence-corrected chi connectivity index (χ0v) is 25.6. The predicted octanol–water partition coefficient (Wildman–Crippen LogP) is 3.25. The van der Waals surface area contributed by atoms with Crippen molar-refractivity contribution in [3.8, 4) is 0 Å². The molecule has 198 valence electrons.